The van der Waals surface area contributed by atoms with Gasteiger partial charge in [-0.3, -0.25) is 0 Å². The second-order valence-electron chi connectivity index (χ2n) is 2.59. The van der Waals surface area contributed by atoms with Crippen LogP contribution in [0.25, 0.3) is 10.2 Å². The number of H-pyrrole nitrogens is 1. The minimum Gasteiger partial charge on any atom is -0.464 e. The maximum atomic E-state index is 11.3. The van der Waals surface area contributed by atoms with E-state index in [1.54, 1.807) is 11.3 Å². The van der Waals surface area contributed by atoms with Crippen LogP contribution in [0.1, 0.15) is 10.5 Å². The molecule has 0 aliphatic carbocycles. The van der Waals surface area contributed by atoms with Gasteiger partial charge in [0.1, 0.15) is 5.69 Å². The molecule has 6 heteroatoms. The summed E-state index contributed by atoms with van der Waals surface area (Å²) in [6.45, 7) is 0. The van der Waals surface area contributed by atoms with Gasteiger partial charge in [-0.15, -0.1) is 11.3 Å². The van der Waals surface area contributed by atoms with Crippen molar-refractivity contribution in [3.63, 3.8) is 0 Å². The number of ether oxygens (including phenoxy) is 1. The first-order valence-corrected chi connectivity index (χ1v) is 6.42. The maximum absolute atomic E-state index is 11.3. The Balaban J connectivity index is 2.68. The van der Waals surface area contributed by atoms with Crippen molar-refractivity contribution in [2.75, 3.05) is 7.11 Å². The largest absolute Gasteiger partial charge is 0.464 e. The van der Waals surface area contributed by atoms with E-state index in [9.17, 15) is 4.79 Å². The van der Waals surface area contributed by atoms with Crippen LogP contribution in [0.4, 0.5) is 0 Å². The Morgan fingerprint density at radius 2 is 2.43 bits per heavy atom. The van der Waals surface area contributed by atoms with Crippen molar-refractivity contribution in [1.82, 2.24) is 4.98 Å². The lowest BCUT2D eigenvalue weighted by Gasteiger charge is -1.95. The lowest BCUT2D eigenvalue weighted by molar-refractivity contribution is 0.0594. The third kappa shape index (κ3) is 1.49. The second-order valence-corrected chi connectivity index (χ2v) is 5.41. The van der Waals surface area contributed by atoms with Crippen molar-refractivity contribution in [3.8, 4) is 0 Å². The lowest BCUT2D eigenvalue weighted by atomic mass is 10.4. The molecule has 14 heavy (non-hydrogen) atoms. The summed E-state index contributed by atoms with van der Waals surface area (Å²) in [6.07, 6.45) is 0. The molecule has 0 aliphatic rings. The highest BCUT2D eigenvalue weighted by atomic mass is 127. The van der Waals surface area contributed by atoms with Crippen molar-refractivity contribution < 1.29 is 9.53 Å². The third-order valence-electron chi connectivity index (χ3n) is 1.80. The average Bonchev–Trinajstić information content (AvgIpc) is 2.69. The Labute approximate surface area is 106 Å². The van der Waals surface area contributed by atoms with E-state index >= 15 is 0 Å². The number of aromatic amines is 1. The first-order valence-electron chi connectivity index (χ1n) is 3.67. The van der Waals surface area contributed by atoms with Crippen molar-refractivity contribution in [3.05, 3.63) is 19.1 Å². The molecular formula is C8H5BrINO2S. The predicted octanol–water partition coefficient (Wildman–Crippen LogP) is 3.38. The minimum atomic E-state index is -0.329. The van der Waals surface area contributed by atoms with E-state index in [0.29, 0.717) is 5.69 Å². The van der Waals surface area contributed by atoms with E-state index in [1.807, 2.05) is 5.38 Å². The number of hydrogen-bond donors (Lipinski definition) is 1. The fraction of sp³-hybridized carbons (Fsp3) is 0.125. The van der Waals surface area contributed by atoms with Crippen molar-refractivity contribution >= 4 is 66.0 Å². The number of methoxy groups -OCH3 is 1. The summed E-state index contributed by atoms with van der Waals surface area (Å²) in [6, 6.07) is 0. The predicted molar refractivity (Wildman–Crippen MR) is 67.9 cm³/mol. The molecule has 2 aromatic rings. The molecule has 0 aliphatic heterocycles. The fourth-order valence-electron chi connectivity index (χ4n) is 1.15. The highest BCUT2D eigenvalue weighted by molar-refractivity contribution is 14.1. The number of esters is 1. The number of aromatic nitrogens is 1. The molecule has 0 amide bonds. The van der Waals surface area contributed by atoms with Crippen molar-refractivity contribution in [2.45, 2.75) is 0 Å². The molecule has 3 nitrogen and oxygen atoms in total. The molecule has 2 aromatic heterocycles. The lowest BCUT2D eigenvalue weighted by Crippen LogP contribution is -2.03. The summed E-state index contributed by atoms with van der Waals surface area (Å²) in [5, 5.41) is 1.99. The van der Waals surface area contributed by atoms with Gasteiger partial charge in [-0.05, 0) is 38.5 Å². The van der Waals surface area contributed by atoms with E-state index in [0.717, 1.165) is 18.3 Å². The van der Waals surface area contributed by atoms with Crippen LogP contribution >= 0.6 is 49.9 Å². The molecule has 2 heterocycles. The Bertz CT molecular complexity index is 505. The number of carbonyl (C=O) groups excluding carboxylic acids is 1. The maximum Gasteiger partial charge on any atom is 0.355 e. The van der Waals surface area contributed by atoms with Crippen LogP contribution in [0.15, 0.2) is 9.85 Å². The molecule has 0 fully saturated rings. The first-order chi connectivity index (χ1) is 6.65. The van der Waals surface area contributed by atoms with Crippen molar-refractivity contribution in [1.29, 1.82) is 0 Å². The molecule has 0 saturated carbocycles. The Kier molecular flexibility index (Phi) is 2.85. The molecular weight excluding hydrogens is 381 g/mol. The third-order valence-corrected chi connectivity index (χ3v) is 5.18. The number of rotatable bonds is 1. The molecule has 0 unspecified atom stereocenters. The molecule has 0 atom stereocenters. The summed E-state index contributed by atoms with van der Waals surface area (Å²) in [5.74, 6) is -0.329. The zero-order chi connectivity index (χ0) is 10.3. The van der Waals surface area contributed by atoms with Crippen LogP contribution in [0, 0.1) is 3.57 Å². The number of thiophene rings is 1. The van der Waals surface area contributed by atoms with E-state index in [2.05, 4.69) is 48.2 Å². The highest BCUT2D eigenvalue weighted by Gasteiger charge is 2.18. The number of hydrogen-bond acceptors (Lipinski definition) is 3. The molecule has 2 rings (SSSR count). The number of fused-ring (bicyclic) bond motifs is 1. The fourth-order valence-corrected chi connectivity index (χ4v) is 3.69. The number of carbonyl (C=O) groups is 1. The van der Waals surface area contributed by atoms with E-state index < -0.39 is 0 Å². The van der Waals surface area contributed by atoms with Crippen LogP contribution in [0.3, 0.4) is 0 Å². The first kappa shape index (κ1) is 10.4. The van der Waals surface area contributed by atoms with Crippen molar-refractivity contribution in [2.24, 2.45) is 0 Å². The summed E-state index contributed by atoms with van der Waals surface area (Å²) < 4.78 is 7.65. The monoisotopic (exact) mass is 385 g/mol. The van der Waals surface area contributed by atoms with Gasteiger partial charge >= 0.3 is 5.97 Å². The van der Waals surface area contributed by atoms with Crippen LogP contribution in [-0.4, -0.2) is 18.1 Å². The molecule has 0 spiro atoms. The van der Waals surface area contributed by atoms with Crippen LogP contribution in [-0.2, 0) is 4.74 Å². The van der Waals surface area contributed by atoms with Gasteiger partial charge < -0.3 is 9.72 Å². The normalized spacial score (nSPS) is 10.8. The smallest absolute Gasteiger partial charge is 0.355 e. The highest BCUT2D eigenvalue weighted by Crippen LogP contribution is 2.35. The van der Waals surface area contributed by atoms with Gasteiger partial charge in [0, 0.05) is 5.38 Å². The molecule has 0 aromatic carbocycles. The average molecular weight is 386 g/mol. The second kappa shape index (κ2) is 3.82. The van der Waals surface area contributed by atoms with Gasteiger partial charge in [0.05, 0.1) is 25.4 Å². The Morgan fingerprint density at radius 3 is 3.00 bits per heavy atom. The molecule has 0 bridgehead atoms. The van der Waals surface area contributed by atoms with Crippen LogP contribution in [0.5, 0.6) is 0 Å². The van der Waals surface area contributed by atoms with Gasteiger partial charge in [-0.2, -0.15) is 0 Å². The standard InChI is InChI=1S/C8H5BrINO2S/c1-13-8(12)6-4(10)7-5(11-6)3(9)2-14-7/h2,11H,1H3. The Morgan fingerprint density at radius 1 is 1.71 bits per heavy atom. The Hall–Kier alpha value is -0.0800. The van der Waals surface area contributed by atoms with Gasteiger partial charge in [-0.25, -0.2) is 4.79 Å². The molecule has 0 radical (unpaired) electrons. The van der Waals surface area contributed by atoms with E-state index in [4.69, 9.17) is 0 Å². The van der Waals surface area contributed by atoms with Gasteiger partial charge in [-0.1, -0.05) is 0 Å². The zero-order valence-corrected chi connectivity index (χ0v) is 11.6. The number of halogens is 2. The van der Waals surface area contributed by atoms with Gasteiger partial charge in [0.2, 0.25) is 0 Å². The van der Waals surface area contributed by atoms with E-state index in [-0.39, 0.29) is 5.97 Å². The van der Waals surface area contributed by atoms with Gasteiger partial charge in [0.15, 0.2) is 0 Å². The number of nitrogens with one attached hydrogen (secondary N) is 1. The van der Waals surface area contributed by atoms with Crippen LogP contribution < -0.4 is 0 Å². The summed E-state index contributed by atoms with van der Waals surface area (Å²) >= 11 is 7.15. The van der Waals surface area contributed by atoms with Gasteiger partial charge in [0.25, 0.3) is 0 Å². The molecule has 74 valence electrons. The summed E-state index contributed by atoms with van der Waals surface area (Å²) in [4.78, 5) is 14.4. The molecule has 1 N–H and O–H groups in total. The van der Waals surface area contributed by atoms with E-state index in [1.165, 1.54) is 7.11 Å². The SMILES string of the molecule is COC(=O)c1[nH]c2c(Br)csc2c1I. The quantitative estimate of drug-likeness (QED) is 0.604. The topological polar surface area (TPSA) is 42.1 Å². The summed E-state index contributed by atoms with van der Waals surface area (Å²) in [7, 11) is 1.38. The minimum absolute atomic E-state index is 0.329. The summed E-state index contributed by atoms with van der Waals surface area (Å²) in [5.41, 5.74) is 1.48. The zero-order valence-electron chi connectivity index (χ0n) is 7.06. The molecule has 0 saturated heterocycles. The van der Waals surface area contributed by atoms with Crippen LogP contribution in [0.2, 0.25) is 0 Å².